The summed E-state index contributed by atoms with van der Waals surface area (Å²) >= 11 is 3.49. The van der Waals surface area contributed by atoms with Gasteiger partial charge < -0.3 is 0 Å². The molecule has 0 radical (unpaired) electrons. The first-order valence-corrected chi connectivity index (χ1v) is 6.26. The van der Waals surface area contributed by atoms with E-state index in [0.29, 0.717) is 0 Å². The predicted molar refractivity (Wildman–Crippen MR) is 68.7 cm³/mol. The molecule has 1 atom stereocenters. The summed E-state index contributed by atoms with van der Waals surface area (Å²) in [5.74, 6) is 0. The van der Waals surface area contributed by atoms with Crippen LogP contribution in [0, 0.1) is 0 Å². The molecule has 0 heterocycles. The first-order valence-electron chi connectivity index (χ1n) is 5.34. The average molecular weight is 315 g/mol. The third-order valence-corrected chi connectivity index (χ3v) is 3.68. The van der Waals surface area contributed by atoms with Crippen LogP contribution in [0.3, 0.4) is 0 Å². The first-order chi connectivity index (χ1) is 8.48. The SMILES string of the molecule is FC(F)(F)c1ccc([C@H](Br)c2ccccc2)cc1. The van der Waals surface area contributed by atoms with Crippen molar-refractivity contribution >= 4 is 15.9 Å². The first kappa shape index (κ1) is 13.1. The normalized spacial score (nSPS) is 13.3. The minimum Gasteiger partial charge on any atom is -0.166 e. The summed E-state index contributed by atoms with van der Waals surface area (Å²) in [7, 11) is 0. The van der Waals surface area contributed by atoms with Gasteiger partial charge in [0.15, 0.2) is 0 Å². The second-order valence-corrected chi connectivity index (χ2v) is 4.81. The Kier molecular flexibility index (Phi) is 3.76. The quantitative estimate of drug-likeness (QED) is 0.669. The summed E-state index contributed by atoms with van der Waals surface area (Å²) in [6, 6.07) is 14.7. The van der Waals surface area contributed by atoms with E-state index in [0.717, 1.165) is 23.3 Å². The highest BCUT2D eigenvalue weighted by atomic mass is 79.9. The second-order valence-electron chi connectivity index (χ2n) is 3.89. The van der Waals surface area contributed by atoms with Crippen LogP contribution in [0.1, 0.15) is 21.5 Å². The molecular weight excluding hydrogens is 305 g/mol. The molecule has 18 heavy (non-hydrogen) atoms. The maximum absolute atomic E-state index is 12.4. The van der Waals surface area contributed by atoms with E-state index in [1.165, 1.54) is 12.1 Å². The highest BCUT2D eigenvalue weighted by molar-refractivity contribution is 9.09. The molecule has 0 saturated carbocycles. The maximum atomic E-state index is 12.4. The zero-order chi connectivity index (χ0) is 13.2. The van der Waals surface area contributed by atoms with Gasteiger partial charge in [-0.25, -0.2) is 0 Å². The van der Waals surface area contributed by atoms with E-state index in [2.05, 4.69) is 15.9 Å². The van der Waals surface area contributed by atoms with Crippen LogP contribution in [-0.2, 0) is 6.18 Å². The smallest absolute Gasteiger partial charge is 0.166 e. The van der Waals surface area contributed by atoms with E-state index in [9.17, 15) is 13.2 Å². The van der Waals surface area contributed by atoms with E-state index >= 15 is 0 Å². The maximum Gasteiger partial charge on any atom is 0.416 e. The molecule has 94 valence electrons. The minimum atomic E-state index is -4.28. The number of hydrogen-bond acceptors (Lipinski definition) is 0. The van der Waals surface area contributed by atoms with Gasteiger partial charge in [0.05, 0.1) is 10.4 Å². The number of halogens is 4. The second kappa shape index (κ2) is 5.14. The van der Waals surface area contributed by atoms with Crippen LogP contribution in [0.5, 0.6) is 0 Å². The minimum absolute atomic E-state index is 0.0963. The van der Waals surface area contributed by atoms with Crippen LogP contribution in [0.2, 0.25) is 0 Å². The molecule has 0 aliphatic carbocycles. The van der Waals surface area contributed by atoms with Crippen molar-refractivity contribution in [2.75, 3.05) is 0 Å². The third kappa shape index (κ3) is 2.93. The molecule has 0 spiro atoms. The topological polar surface area (TPSA) is 0 Å². The van der Waals surface area contributed by atoms with Gasteiger partial charge in [-0.05, 0) is 23.3 Å². The summed E-state index contributed by atoms with van der Waals surface area (Å²) in [4.78, 5) is -0.0963. The molecule has 0 aliphatic rings. The molecular formula is C14H10BrF3. The Morgan fingerprint density at radius 1 is 0.778 bits per heavy atom. The van der Waals surface area contributed by atoms with Crippen molar-refractivity contribution in [2.24, 2.45) is 0 Å². The van der Waals surface area contributed by atoms with Crippen molar-refractivity contribution in [3.05, 3.63) is 71.3 Å². The summed E-state index contributed by atoms with van der Waals surface area (Å²) < 4.78 is 37.3. The molecule has 0 N–H and O–H groups in total. The lowest BCUT2D eigenvalue weighted by atomic mass is 10.0. The molecule has 0 amide bonds. The lowest BCUT2D eigenvalue weighted by molar-refractivity contribution is -0.137. The predicted octanol–water partition coefficient (Wildman–Crippen LogP) is 5.19. The molecule has 4 heteroatoms. The Labute approximate surface area is 112 Å². The molecule has 2 aromatic carbocycles. The lowest BCUT2D eigenvalue weighted by Gasteiger charge is -2.12. The number of hydrogen-bond donors (Lipinski definition) is 0. The van der Waals surface area contributed by atoms with Gasteiger partial charge >= 0.3 is 6.18 Å². The van der Waals surface area contributed by atoms with E-state index < -0.39 is 11.7 Å². The Hall–Kier alpha value is -1.29. The average Bonchev–Trinajstić information content (AvgIpc) is 2.38. The molecule has 0 saturated heterocycles. The summed E-state index contributed by atoms with van der Waals surface area (Å²) in [5.41, 5.74) is 1.19. The van der Waals surface area contributed by atoms with Gasteiger partial charge in [-0.2, -0.15) is 13.2 Å². The van der Waals surface area contributed by atoms with Gasteiger partial charge in [0.2, 0.25) is 0 Å². The monoisotopic (exact) mass is 314 g/mol. The number of benzene rings is 2. The van der Waals surface area contributed by atoms with Crippen molar-refractivity contribution in [3.63, 3.8) is 0 Å². The van der Waals surface area contributed by atoms with E-state index in [1.54, 1.807) is 0 Å². The standard InChI is InChI=1S/C14H10BrF3/c15-13(10-4-2-1-3-5-10)11-6-8-12(9-7-11)14(16,17)18/h1-9,13H/t13-/m1/s1. The van der Waals surface area contributed by atoms with Gasteiger partial charge in [-0.15, -0.1) is 0 Å². The largest absolute Gasteiger partial charge is 0.416 e. The number of alkyl halides is 4. The summed E-state index contributed by atoms with van der Waals surface area (Å²) in [5, 5.41) is 0. The summed E-state index contributed by atoms with van der Waals surface area (Å²) in [6.07, 6.45) is -4.28. The zero-order valence-corrected chi connectivity index (χ0v) is 10.9. The van der Waals surface area contributed by atoms with Crippen LogP contribution in [-0.4, -0.2) is 0 Å². The fraction of sp³-hybridized carbons (Fsp3) is 0.143. The van der Waals surface area contributed by atoms with Gasteiger partial charge in [0.25, 0.3) is 0 Å². The van der Waals surface area contributed by atoms with Crippen LogP contribution in [0.15, 0.2) is 54.6 Å². The van der Waals surface area contributed by atoms with Crippen LogP contribution >= 0.6 is 15.9 Å². The van der Waals surface area contributed by atoms with Crippen molar-refractivity contribution in [2.45, 2.75) is 11.0 Å². The van der Waals surface area contributed by atoms with Crippen LogP contribution < -0.4 is 0 Å². The zero-order valence-electron chi connectivity index (χ0n) is 9.29. The van der Waals surface area contributed by atoms with Crippen LogP contribution in [0.4, 0.5) is 13.2 Å². The van der Waals surface area contributed by atoms with Crippen LogP contribution in [0.25, 0.3) is 0 Å². The van der Waals surface area contributed by atoms with Crippen molar-refractivity contribution in [3.8, 4) is 0 Å². The fourth-order valence-electron chi connectivity index (χ4n) is 1.66. The molecule has 0 nitrogen and oxygen atoms in total. The van der Waals surface area contributed by atoms with Gasteiger partial charge in [-0.1, -0.05) is 58.4 Å². The highest BCUT2D eigenvalue weighted by Crippen LogP contribution is 2.34. The van der Waals surface area contributed by atoms with Gasteiger partial charge in [0.1, 0.15) is 0 Å². The Balaban J connectivity index is 2.25. The van der Waals surface area contributed by atoms with Gasteiger partial charge in [-0.3, -0.25) is 0 Å². The lowest BCUT2D eigenvalue weighted by Crippen LogP contribution is -2.04. The van der Waals surface area contributed by atoms with Crippen molar-refractivity contribution in [1.82, 2.24) is 0 Å². The Bertz CT molecular complexity index is 503. The van der Waals surface area contributed by atoms with E-state index in [-0.39, 0.29) is 4.83 Å². The molecule has 0 aromatic heterocycles. The summed E-state index contributed by atoms with van der Waals surface area (Å²) in [6.45, 7) is 0. The molecule has 0 bridgehead atoms. The van der Waals surface area contributed by atoms with E-state index in [1.807, 2.05) is 30.3 Å². The molecule has 2 aromatic rings. The Morgan fingerprint density at radius 3 is 1.78 bits per heavy atom. The van der Waals surface area contributed by atoms with Gasteiger partial charge in [0, 0.05) is 0 Å². The molecule has 0 fully saturated rings. The number of rotatable bonds is 2. The molecule has 2 rings (SSSR count). The molecule has 0 aliphatic heterocycles. The third-order valence-electron chi connectivity index (χ3n) is 2.62. The van der Waals surface area contributed by atoms with Crippen molar-refractivity contribution in [1.29, 1.82) is 0 Å². The van der Waals surface area contributed by atoms with Crippen molar-refractivity contribution < 1.29 is 13.2 Å². The van der Waals surface area contributed by atoms with E-state index in [4.69, 9.17) is 0 Å². The molecule has 0 unspecified atom stereocenters. The Morgan fingerprint density at radius 2 is 1.28 bits per heavy atom. The fourth-order valence-corrected chi connectivity index (χ4v) is 2.27. The highest BCUT2D eigenvalue weighted by Gasteiger charge is 2.30.